The molecule has 3 N–H and O–H groups in total. The second-order valence-electron chi connectivity index (χ2n) is 5.78. The Morgan fingerprint density at radius 3 is 2.75 bits per heavy atom. The smallest absolute Gasteiger partial charge is 0.265 e. The minimum Gasteiger partial charge on any atom is -0.479 e. The standard InChI is InChI=1S/C15H21N3O5S/c1-9(2)17-14(19)6-7-16-24(21,22)11-4-5-13-12(8-11)18-15(20)10(3)23-13/h4-5,8-10,16H,6-7H2,1-3H3,(H,17,19)(H,18,20)/t10-/m0/s1. The average Bonchev–Trinajstić information content (AvgIpc) is 2.47. The van der Waals surface area contributed by atoms with Gasteiger partial charge in [-0.15, -0.1) is 0 Å². The highest BCUT2D eigenvalue weighted by molar-refractivity contribution is 7.89. The van der Waals surface area contributed by atoms with E-state index in [0.29, 0.717) is 11.4 Å². The van der Waals surface area contributed by atoms with E-state index in [1.54, 1.807) is 6.92 Å². The number of carbonyl (C=O) groups excluding carboxylic acids is 2. The molecule has 0 saturated carbocycles. The normalized spacial score (nSPS) is 17.0. The van der Waals surface area contributed by atoms with Crippen LogP contribution >= 0.6 is 0 Å². The second-order valence-corrected chi connectivity index (χ2v) is 7.54. The van der Waals surface area contributed by atoms with E-state index in [2.05, 4.69) is 15.4 Å². The third-order valence-electron chi connectivity index (χ3n) is 3.29. The van der Waals surface area contributed by atoms with E-state index in [1.807, 2.05) is 13.8 Å². The minimum atomic E-state index is -3.79. The molecule has 0 aromatic heterocycles. The molecule has 0 radical (unpaired) electrons. The van der Waals surface area contributed by atoms with Crippen molar-refractivity contribution in [3.63, 3.8) is 0 Å². The highest BCUT2D eigenvalue weighted by Gasteiger charge is 2.25. The van der Waals surface area contributed by atoms with Crippen LogP contribution in [0.3, 0.4) is 0 Å². The topological polar surface area (TPSA) is 114 Å². The van der Waals surface area contributed by atoms with Crippen LogP contribution in [-0.2, 0) is 19.6 Å². The molecule has 1 aromatic carbocycles. The van der Waals surface area contributed by atoms with E-state index < -0.39 is 16.1 Å². The molecule has 2 amide bonds. The molecular formula is C15H21N3O5S. The maximum absolute atomic E-state index is 12.3. The minimum absolute atomic E-state index is 0.000700. The number of carbonyl (C=O) groups is 2. The summed E-state index contributed by atoms with van der Waals surface area (Å²) in [6.07, 6.45) is -0.586. The monoisotopic (exact) mass is 355 g/mol. The van der Waals surface area contributed by atoms with E-state index >= 15 is 0 Å². The summed E-state index contributed by atoms with van der Waals surface area (Å²) >= 11 is 0. The summed E-state index contributed by atoms with van der Waals surface area (Å²) < 4.78 is 32.3. The van der Waals surface area contributed by atoms with Crippen LogP contribution < -0.4 is 20.1 Å². The summed E-state index contributed by atoms with van der Waals surface area (Å²) in [7, 11) is -3.79. The SMILES string of the molecule is CC(C)NC(=O)CCNS(=O)(=O)c1ccc2c(c1)NC(=O)[C@H](C)O2. The Balaban J connectivity index is 2.04. The van der Waals surface area contributed by atoms with Crippen LogP contribution in [0.25, 0.3) is 0 Å². The Labute approximate surface area is 141 Å². The van der Waals surface area contributed by atoms with Gasteiger partial charge in [0.1, 0.15) is 5.75 Å². The lowest BCUT2D eigenvalue weighted by molar-refractivity contribution is -0.123. The quantitative estimate of drug-likeness (QED) is 0.691. The zero-order valence-corrected chi connectivity index (χ0v) is 14.6. The zero-order chi connectivity index (χ0) is 17.9. The molecule has 132 valence electrons. The van der Waals surface area contributed by atoms with Gasteiger partial charge in [-0.1, -0.05) is 0 Å². The van der Waals surface area contributed by atoms with E-state index in [4.69, 9.17) is 4.74 Å². The molecule has 0 saturated heterocycles. The first-order valence-corrected chi connectivity index (χ1v) is 9.08. The third-order valence-corrected chi connectivity index (χ3v) is 4.74. The van der Waals surface area contributed by atoms with Crippen molar-refractivity contribution in [2.75, 3.05) is 11.9 Å². The second kappa shape index (κ2) is 7.18. The number of fused-ring (bicyclic) bond motifs is 1. The molecule has 1 atom stereocenters. The van der Waals surface area contributed by atoms with Crippen molar-refractivity contribution in [3.05, 3.63) is 18.2 Å². The van der Waals surface area contributed by atoms with Gasteiger partial charge in [0.15, 0.2) is 6.10 Å². The summed E-state index contributed by atoms with van der Waals surface area (Å²) in [6, 6.07) is 4.21. The van der Waals surface area contributed by atoms with Crippen LogP contribution in [0, 0.1) is 0 Å². The summed E-state index contributed by atoms with van der Waals surface area (Å²) in [5, 5.41) is 5.28. The Bertz CT molecular complexity index is 745. The highest BCUT2D eigenvalue weighted by atomic mass is 32.2. The maximum Gasteiger partial charge on any atom is 0.265 e. The molecule has 1 aromatic rings. The van der Waals surface area contributed by atoms with Crippen molar-refractivity contribution in [1.29, 1.82) is 0 Å². The van der Waals surface area contributed by atoms with Crippen molar-refractivity contribution in [2.24, 2.45) is 0 Å². The van der Waals surface area contributed by atoms with Gasteiger partial charge in [0.05, 0.1) is 10.6 Å². The zero-order valence-electron chi connectivity index (χ0n) is 13.8. The molecule has 0 aliphatic carbocycles. The van der Waals surface area contributed by atoms with Gasteiger partial charge in [-0.2, -0.15) is 0 Å². The summed E-state index contributed by atoms with van der Waals surface area (Å²) in [4.78, 5) is 23.1. The molecule has 2 rings (SSSR count). The molecule has 0 fully saturated rings. The summed E-state index contributed by atoms with van der Waals surface area (Å²) in [5.74, 6) is -0.152. The molecule has 0 spiro atoms. The van der Waals surface area contributed by atoms with Crippen molar-refractivity contribution < 1.29 is 22.7 Å². The lowest BCUT2D eigenvalue weighted by Crippen LogP contribution is -2.35. The van der Waals surface area contributed by atoms with Gasteiger partial charge in [-0.3, -0.25) is 9.59 Å². The molecule has 0 bridgehead atoms. The Morgan fingerprint density at radius 1 is 1.38 bits per heavy atom. The van der Waals surface area contributed by atoms with Gasteiger partial charge < -0.3 is 15.4 Å². The number of benzene rings is 1. The first-order valence-electron chi connectivity index (χ1n) is 7.59. The van der Waals surface area contributed by atoms with Crippen LogP contribution in [0.5, 0.6) is 5.75 Å². The number of rotatable bonds is 6. The van der Waals surface area contributed by atoms with E-state index in [0.717, 1.165) is 0 Å². The largest absolute Gasteiger partial charge is 0.479 e. The van der Waals surface area contributed by atoms with Gasteiger partial charge in [0.25, 0.3) is 5.91 Å². The number of sulfonamides is 1. The Hall–Kier alpha value is -2.13. The van der Waals surface area contributed by atoms with Crippen molar-refractivity contribution >= 4 is 27.5 Å². The lowest BCUT2D eigenvalue weighted by Gasteiger charge is -2.23. The Morgan fingerprint density at radius 2 is 2.08 bits per heavy atom. The Kier molecular flexibility index (Phi) is 5.45. The van der Waals surface area contributed by atoms with Gasteiger partial charge in [-0.05, 0) is 39.0 Å². The predicted octanol–water partition coefficient (Wildman–Crippen LogP) is 0.599. The molecule has 9 heteroatoms. The van der Waals surface area contributed by atoms with Crippen molar-refractivity contribution in [3.8, 4) is 5.75 Å². The molecular weight excluding hydrogens is 334 g/mol. The lowest BCUT2D eigenvalue weighted by atomic mass is 10.2. The predicted molar refractivity (Wildman–Crippen MR) is 88.2 cm³/mol. The van der Waals surface area contributed by atoms with Crippen LogP contribution in [0.4, 0.5) is 5.69 Å². The first-order chi connectivity index (χ1) is 11.2. The summed E-state index contributed by atoms with van der Waals surface area (Å²) in [6.45, 7) is 5.24. The highest BCUT2D eigenvalue weighted by Crippen LogP contribution is 2.31. The van der Waals surface area contributed by atoms with Crippen LogP contribution in [0.1, 0.15) is 27.2 Å². The fraction of sp³-hybridized carbons (Fsp3) is 0.467. The molecule has 24 heavy (non-hydrogen) atoms. The number of hydrogen-bond acceptors (Lipinski definition) is 5. The molecule has 1 heterocycles. The van der Waals surface area contributed by atoms with Gasteiger partial charge in [0.2, 0.25) is 15.9 Å². The fourth-order valence-electron chi connectivity index (χ4n) is 2.13. The van der Waals surface area contributed by atoms with E-state index in [-0.39, 0.29) is 35.7 Å². The fourth-order valence-corrected chi connectivity index (χ4v) is 3.19. The first kappa shape index (κ1) is 18.2. The third kappa shape index (κ3) is 4.45. The number of nitrogens with one attached hydrogen (secondary N) is 3. The van der Waals surface area contributed by atoms with Crippen LogP contribution in [-0.4, -0.2) is 38.9 Å². The van der Waals surface area contributed by atoms with E-state index in [9.17, 15) is 18.0 Å². The molecule has 1 aliphatic heterocycles. The van der Waals surface area contributed by atoms with Crippen molar-refractivity contribution in [2.45, 2.75) is 44.2 Å². The van der Waals surface area contributed by atoms with Crippen LogP contribution in [0.2, 0.25) is 0 Å². The molecule has 0 unspecified atom stereocenters. The van der Waals surface area contributed by atoms with Crippen LogP contribution in [0.15, 0.2) is 23.1 Å². The van der Waals surface area contributed by atoms with Gasteiger partial charge in [-0.25, -0.2) is 13.1 Å². The number of anilines is 1. The molecule has 8 nitrogen and oxygen atoms in total. The van der Waals surface area contributed by atoms with Gasteiger partial charge >= 0.3 is 0 Å². The number of hydrogen-bond donors (Lipinski definition) is 3. The molecule has 1 aliphatic rings. The summed E-state index contributed by atoms with van der Waals surface area (Å²) in [5.41, 5.74) is 0.304. The average molecular weight is 355 g/mol. The van der Waals surface area contributed by atoms with Crippen molar-refractivity contribution in [1.82, 2.24) is 10.0 Å². The maximum atomic E-state index is 12.3. The van der Waals surface area contributed by atoms with Gasteiger partial charge in [0, 0.05) is 19.0 Å². The number of amides is 2. The number of ether oxygens (including phenoxy) is 1. The van der Waals surface area contributed by atoms with E-state index in [1.165, 1.54) is 18.2 Å².